The Labute approximate surface area is 114 Å². The zero-order valence-electron chi connectivity index (χ0n) is 11.8. The van der Waals surface area contributed by atoms with Crippen LogP contribution in [-0.4, -0.2) is 37.9 Å². The molecule has 1 aliphatic carbocycles. The quantitative estimate of drug-likeness (QED) is 0.761. The summed E-state index contributed by atoms with van der Waals surface area (Å²) < 4.78 is 5.35. The zero-order valence-corrected chi connectivity index (χ0v) is 11.8. The molecule has 0 radical (unpaired) electrons. The van der Waals surface area contributed by atoms with E-state index in [1.807, 2.05) is 6.07 Å². The Morgan fingerprint density at radius 2 is 2.26 bits per heavy atom. The predicted molar refractivity (Wildman–Crippen MR) is 74.6 cm³/mol. The fraction of sp³-hybridized carbons (Fsp3) is 0.562. The van der Waals surface area contributed by atoms with E-state index >= 15 is 0 Å². The van der Waals surface area contributed by atoms with Gasteiger partial charge in [-0.25, -0.2) is 0 Å². The summed E-state index contributed by atoms with van der Waals surface area (Å²) in [7, 11) is 3.83. The van der Waals surface area contributed by atoms with Crippen molar-refractivity contribution in [2.75, 3.05) is 20.7 Å². The Balaban J connectivity index is 2.15. The van der Waals surface area contributed by atoms with Crippen LogP contribution in [0.15, 0.2) is 18.2 Å². The van der Waals surface area contributed by atoms with Gasteiger partial charge in [0.15, 0.2) is 0 Å². The first kappa shape index (κ1) is 12.7. The number of ether oxygens (including phenoxy) is 1. The highest BCUT2D eigenvalue weighted by Gasteiger charge is 2.49. The summed E-state index contributed by atoms with van der Waals surface area (Å²) in [4.78, 5) is 14.0. The molecule has 1 saturated heterocycles. The molecule has 2 bridgehead atoms. The second kappa shape index (κ2) is 4.34. The van der Waals surface area contributed by atoms with Crippen LogP contribution in [0.2, 0.25) is 0 Å². The van der Waals surface area contributed by atoms with E-state index in [1.54, 1.807) is 7.11 Å². The van der Waals surface area contributed by atoms with Crippen LogP contribution in [0.4, 0.5) is 0 Å². The lowest BCUT2D eigenvalue weighted by atomic mass is 9.59. The molecule has 1 fully saturated rings. The average molecular weight is 259 g/mol. The van der Waals surface area contributed by atoms with Crippen LogP contribution in [0.5, 0.6) is 5.75 Å². The lowest BCUT2D eigenvalue weighted by Gasteiger charge is -2.52. The number of aldehydes is 1. The van der Waals surface area contributed by atoms with Crippen molar-refractivity contribution in [3.8, 4) is 5.75 Å². The molecule has 3 rings (SSSR count). The first-order valence-corrected chi connectivity index (χ1v) is 6.93. The lowest BCUT2D eigenvalue weighted by Crippen LogP contribution is -2.58. The first-order valence-electron chi connectivity index (χ1n) is 6.93. The van der Waals surface area contributed by atoms with E-state index in [0.29, 0.717) is 6.04 Å². The van der Waals surface area contributed by atoms with Crippen LogP contribution in [0, 0.1) is 5.92 Å². The number of fused-ring (bicyclic) bond motifs is 4. The van der Waals surface area contributed by atoms with E-state index in [4.69, 9.17) is 4.74 Å². The van der Waals surface area contributed by atoms with Gasteiger partial charge in [-0.2, -0.15) is 0 Å². The number of rotatable bonds is 2. The third kappa shape index (κ3) is 1.71. The third-order valence-electron chi connectivity index (χ3n) is 5.21. The number of likely N-dealkylation sites (N-methyl/N-ethyl adjacent to an activating group) is 1. The summed E-state index contributed by atoms with van der Waals surface area (Å²) in [5.74, 6) is 0.979. The van der Waals surface area contributed by atoms with Crippen molar-refractivity contribution in [3.05, 3.63) is 29.3 Å². The largest absolute Gasteiger partial charge is 0.497 e. The van der Waals surface area contributed by atoms with Gasteiger partial charge in [0.2, 0.25) is 0 Å². The maximum Gasteiger partial charge on any atom is 0.125 e. The molecular formula is C16H21NO2. The Hall–Kier alpha value is -1.35. The number of methoxy groups -OCH3 is 1. The monoisotopic (exact) mass is 259 g/mol. The molecule has 0 spiro atoms. The molecule has 1 aliphatic heterocycles. The minimum absolute atomic E-state index is 0.0406. The number of benzene rings is 1. The highest BCUT2D eigenvalue weighted by molar-refractivity contribution is 5.62. The molecule has 0 saturated carbocycles. The van der Waals surface area contributed by atoms with Crippen molar-refractivity contribution in [1.82, 2.24) is 4.90 Å². The van der Waals surface area contributed by atoms with Gasteiger partial charge < -0.3 is 14.4 Å². The van der Waals surface area contributed by atoms with Gasteiger partial charge in [-0.1, -0.05) is 13.0 Å². The molecular weight excluding hydrogens is 238 g/mol. The average Bonchev–Trinajstić information content (AvgIpc) is 2.43. The van der Waals surface area contributed by atoms with Crippen LogP contribution >= 0.6 is 0 Å². The summed E-state index contributed by atoms with van der Waals surface area (Å²) in [5, 5.41) is 0. The second-order valence-corrected chi connectivity index (χ2v) is 6.10. The number of hydrogen-bond donors (Lipinski definition) is 0. The van der Waals surface area contributed by atoms with Crippen LogP contribution in [0.3, 0.4) is 0 Å². The van der Waals surface area contributed by atoms with Crippen LogP contribution in [0.1, 0.15) is 24.5 Å². The van der Waals surface area contributed by atoms with E-state index < -0.39 is 0 Å². The molecule has 3 atom stereocenters. The van der Waals surface area contributed by atoms with Crippen molar-refractivity contribution < 1.29 is 9.53 Å². The van der Waals surface area contributed by atoms with Crippen molar-refractivity contribution in [2.45, 2.75) is 31.2 Å². The van der Waals surface area contributed by atoms with Gasteiger partial charge in [-0.3, -0.25) is 0 Å². The number of likely N-dealkylation sites (tertiary alicyclic amines) is 1. The van der Waals surface area contributed by atoms with Gasteiger partial charge in [0.1, 0.15) is 12.0 Å². The summed E-state index contributed by atoms with van der Waals surface area (Å²) in [6.45, 7) is 3.30. The van der Waals surface area contributed by atoms with Gasteiger partial charge in [-0.15, -0.1) is 0 Å². The highest BCUT2D eigenvalue weighted by Crippen LogP contribution is 2.48. The molecule has 3 unspecified atom stereocenters. The van der Waals surface area contributed by atoms with E-state index in [-0.39, 0.29) is 11.3 Å². The van der Waals surface area contributed by atoms with E-state index in [2.05, 4.69) is 31.0 Å². The number of carbonyl (C=O) groups is 1. The fourth-order valence-corrected chi connectivity index (χ4v) is 3.90. The molecule has 1 aromatic carbocycles. The van der Waals surface area contributed by atoms with Crippen molar-refractivity contribution in [3.63, 3.8) is 0 Å². The minimum Gasteiger partial charge on any atom is -0.497 e. The highest BCUT2D eigenvalue weighted by atomic mass is 16.5. The van der Waals surface area contributed by atoms with Crippen molar-refractivity contribution >= 4 is 6.29 Å². The predicted octanol–water partition coefficient (Wildman–Crippen LogP) is 2.03. The first-order chi connectivity index (χ1) is 9.10. The molecule has 1 heterocycles. The lowest BCUT2D eigenvalue weighted by molar-refractivity contribution is -0.118. The zero-order chi connectivity index (χ0) is 13.6. The second-order valence-electron chi connectivity index (χ2n) is 6.10. The van der Waals surface area contributed by atoms with Gasteiger partial charge >= 0.3 is 0 Å². The maximum atomic E-state index is 11.6. The van der Waals surface area contributed by atoms with Gasteiger partial charge in [0.25, 0.3) is 0 Å². The van der Waals surface area contributed by atoms with Crippen molar-refractivity contribution in [1.29, 1.82) is 0 Å². The molecule has 0 aromatic heterocycles. The molecule has 0 amide bonds. The summed E-state index contributed by atoms with van der Waals surface area (Å²) in [6.07, 6.45) is 3.17. The van der Waals surface area contributed by atoms with E-state index in [0.717, 1.165) is 25.1 Å². The Kier molecular flexibility index (Phi) is 2.90. The van der Waals surface area contributed by atoms with Crippen molar-refractivity contribution in [2.24, 2.45) is 5.92 Å². The molecule has 1 aromatic rings. The number of carbonyl (C=O) groups excluding carboxylic acids is 1. The molecule has 3 heteroatoms. The van der Waals surface area contributed by atoms with Crippen LogP contribution < -0.4 is 4.74 Å². The van der Waals surface area contributed by atoms with Gasteiger partial charge in [0, 0.05) is 17.4 Å². The summed E-state index contributed by atoms with van der Waals surface area (Å²) in [6, 6.07) is 6.67. The maximum absolute atomic E-state index is 11.6. The standard InChI is InChI=1S/C16H21NO2/c1-16-6-7-17(2)15(14(16)10-18)8-11-4-5-12(19-3)9-13(11)16/h4-5,9-10,14-15H,6-8H2,1-3H3. The normalized spacial score (nSPS) is 33.6. The topological polar surface area (TPSA) is 29.5 Å². The number of hydrogen-bond acceptors (Lipinski definition) is 3. The Bertz CT molecular complexity index is 513. The van der Waals surface area contributed by atoms with Gasteiger partial charge in [-0.05, 0) is 49.7 Å². The summed E-state index contributed by atoms with van der Waals surface area (Å²) in [5.41, 5.74) is 2.65. The third-order valence-corrected chi connectivity index (χ3v) is 5.21. The molecule has 3 nitrogen and oxygen atoms in total. The van der Waals surface area contributed by atoms with E-state index in [9.17, 15) is 4.79 Å². The number of piperidine rings is 1. The summed E-state index contributed by atoms with van der Waals surface area (Å²) >= 11 is 0. The molecule has 0 N–H and O–H groups in total. The molecule has 19 heavy (non-hydrogen) atoms. The Morgan fingerprint density at radius 3 is 2.95 bits per heavy atom. The fourth-order valence-electron chi connectivity index (χ4n) is 3.90. The minimum atomic E-state index is -0.0406. The SMILES string of the molecule is COc1ccc2c(c1)C1(C)CCN(C)C(C2)C1C=O. The van der Waals surface area contributed by atoms with Crippen LogP contribution in [0.25, 0.3) is 0 Å². The van der Waals surface area contributed by atoms with Crippen LogP contribution in [-0.2, 0) is 16.6 Å². The van der Waals surface area contributed by atoms with Gasteiger partial charge in [0.05, 0.1) is 7.11 Å². The van der Waals surface area contributed by atoms with E-state index in [1.165, 1.54) is 17.4 Å². The smallest absolute Gasteiger partial charge is 0.125 e. The Morgan fingerprint density at radius 1 is 1.47 bits per heavy atom. The molecule has 2 aliphatic rings. The molecule has 102 valence electrons. The number of nitrogens with zero attached hydrogens (tertiary/aromatic N) is 1.